The first-order valence-corrected chi connectivity index (χ1v) is 5.21. The minimum atomic E-state index is -3.67. The van der Waals surface area contributed by atoms with E-state index >= 15 is 0 Å². The Bertz CT molecular complexity index is 208. The van der Waals surface area contributed by atoms with Crippen molar-refractivity contribution in [2.24, 2.45) is 0 Å². The zero-order valence-corrected chi connectivity index (χ0v) is 10.0. The zero-order valence-electron chi connectivity index (χ0n) is 7.19. The predicted octanol–water partition coefficient (Wildman–Crippen LogP) is 0.758. The van der Waals surface area contributed by atoms with Gasteiger partial charge in [0, 0.05) is 29.6 Å². The standard InChI is InChI=1S/C6H12O4S.Na/c7-10-11(8,9)6-4-2-1-3-5-6;/h6-7H,1-5H2;. The summed E-state index contributed by atoms with van der Waals surface area (Å²) >= 11 is 0. The van der Waals surface area contributed by atoms with Crippen LogP contribution in [0.3, 0.4) is 0 Å². The van der Waals surface area contributed by atoms with Gasteiger partial charge in [0.1, 0.15) is 0 Å². The summed E-state index contributed by atoms with van der Waals surface area (Å²) < 4.78 is 25.2. The topological polar surface area (TPSA) is 63.6 Å². The molecule has 1 rings (SSSR count). The fourth-order valence-corrected chi connectivity index (χ4v) is 2.45. The van der Waals surface area contributed by atoms with Crippen molar-refractivity contribution >= 4 is 39.7 Å². The summed E-state index contributed by atoms with van der Waals surface area (Å²) in [5.41, 5.74) is 0. The van der Waals surface area contributed by atoms with Crippen molar-refractivity contribution in [3.8, 4) is 0 Å². The molecule has 0 amide bonds. The van der Waals surface area contributed by atoms with Crippen molar-refractivity contribution in [2.75, 3.05) is 0 Å². The van der Waals surface area contributed by atoms with Gasteiger partial charge in [-0.15, -0.1) is 4.33 Å². The smallest absolute Gasteiger partial charge is 0.235 e. The van der Waals surface area contributed by atoms with E-state index in [0.29, 0.717) is 12.8 Å². The average molecular weight is 203 g/mol. The zero-order chi connectivity index (χ0) is 8.32. The fourth-order valence-electron chi connectivity index (χ4n) is 1.41. The quantitative estimate of drug-likeness (QED) is 0.409. The van der Waals surface area contributed by atoms with Crippen LogP contribution >= 0.6 is 0 Å². The second-order valence-corrected chi connectivity index (χ2v) is 4.63. The SMILES string of the molecule is O=S(=O)(OO)C1CCCCC1.[Na]. The van der Waals surface area contributed by atoms with E-state index in [1.807, 2.05) is 0 Å². The van der Waals surface area contributed by atoms with Crippen LogP contribution in [0.25, 0.3) is 0 Å². The van der Waals surface area contributed by atoms with Gasteiger partial charge in [-0.25, -0.2) is 5.26 Å². The van der Waals surface area contributed by atoms with Crippen molar-refractivity contribution < 1.29 is 18.0 Å². The van der Waals surface area contributed by atoms with E-state index in [0.717, 1.165) is 19.3 Å². The Labute approximate surface area is 94.6 Å². The molecule has 1 radical (unpaired) electrons. The Balaban J connectivity index is 0.00000121. The molecule has 0 heterocycles. The van der Waals surface area contributed by atoms with Gasteiger partial charge in [0.15, 0.2) is 0 Å². The first-order valence-electron chi connectivity index (χ1n) is 3.73. The number of hydrogen-bond acceptors (Lipinski definition) is 4. The van der Waals surface area contributed by atoms with Gasteiger partial charge in [0.05, 0.1) is 5.25 Å². The minimum absolute atomic E-state index is 0. The molecule has 6 heteroatoms. The molecule has 4 nitrogen and oxygen atoms in total. The molecule has 0 saturated heterocycles. The Morgan fingerprint density at radius 2 is 1.67 bits per heavy atom. The van der Waals surface area contributed by atoms with Crippen molar-refractivity contribution in [1.29, 1.82) is 0 Å². The summed E-state index contributed by atoms with van der Waals surface area (Å²) in [6.45, 7) is 0. The van der Waals surface area contributed by atoms with E-state index < -0.39 is 15.4 Å². The van der Waals surface area contributed by atoms with E-state index in [2.05, 4.69) is 4.33 Å². The van der Waals surface area contributed by atoms with Crippen LogP contribution in [0, 0.1) is 0 Å². The number of rotatable bonds is 2. The first-order chi connectivity index (χ1) is 5.17. The fraction of sp³-hybridized carbons (Fsp3) is 1.00. The molecular weight excluding hydrogens is 191 g/mol. The molecule has 1 aliphatic carbocycles. The largest absolute Gasteiger partial charge is 0.296 e. The van der Waals surface area contributed by atoms with Gasteiger partial charge in [0.25, 0.3) is 10.1 Å². The maximum atomic E-state index is 10.9. The minimum Gasteiger partial charge on any atom is -0.235 e. The molecule has 12 heavy (non-hydrogen) atoms. The third-order valence-electron chi connectivity index (χ3n) is 2.06. The molecule has 1 fully saturated rings. The Morgan fingerprint density at radius 3 is 2.08 bits per heavy atom. The normalized spacial score (nSPS) is 20.1. The second kappa shape index (κ2) is 5.57. The van der Waals surface area contributed by atoms with Gasteiger partial charge < -0.3 is 0 Å². The van der Waals surface area contributed by atoms with Gasteiger partial charge in [-0.2, -0.15) is 8.42 Å². The van der Waals surface area contributed by atoms with Crippen LogP contribution in [-0.2, 0) is 14.5 Å². The maximum absolute atomic E-state index is 10.9. The van der Waals surface area contributed by atoms with Gasteiger partial charge >= 0.3 is 0 Å². The molecule has 0 aromatic rings. The van der Waals surface area contributed by atoms with Gasteiger partial charge in [0.2, 0.25) is 0 Å². The summed E-state index contributed by atoms with van der Waals surface area (Å²) in [6.07, 6.45) is 4.13. The summed E-state index contributed by atoms with van der Waals surface area (Å²) in [5, 5.41) is 7.57. The van der Waals surface area contributed by atoms with Crippen molar-refractivity contribution in [2.45, 2.75) is 37.4 Å². The average Bonchev–Trinajstić information content (AvgIpc) is 2.06. The van der Waals surface area contributed by atoms with Crippen LogP contribution in [0.2, 0.25) is 0 Å². The molecule has 0 aromatic carbocycles. The number of hydrogen-bond donors (Lipinski definition) is 1. The predicted molar refractivity (Wildman–Crippen MR) is 45.3 cm³/mol. The van der Waals surface area contributed by atoms with E-state index in [1.54, 1.807) is 0 Å². The summed E-state index contributed by atoms with van der Waals surface area (Å²) in [4.78, 5) is 0. The molecule has 0 spiro atoms. The van der Waals surface area contributed by atoms with Crippen molar-refractivity contribution in [1.82, 2.24) is 0 Å². The molecule has 0 unspecified atom stereocenters. The van der Waals surface area contributed by atoms with Crippen molar-refractivity contribution in [3.63, 3.8) is 0 Å². The maximum Gasteiger partial charge on any atom is 0.296 e. The van der Waals surface area contributed by atoms with Crippen LogP contribution in [0.15, 0.2) is 0 Å². The van der Waals surface area contributed by atoms with Crippen molar-refractivity contribution in [3.05, 3.63) is 0 Å². The van der Waals surface area contributed by atoms with E-state index in [4.69, 9.17) is 5.26 Å². The van der Waals surface area contributed by atoms with Gasteiger partial charge in [-0.05, 0) is 12.8 Å². The summed E-state index contributed by atoms with van der Waals surface area (Å²) in [5.74, 6) is 0. The molecule has 67 valence electrons. The van der Waals surface area contributed by atoms with Crippen LogP contribution in [-0.4, -0.2) is 48.5 Å². The van der Waals surface area contributed by atoms with E-state index in [9.17, 15) is 8.42 Å². The molecule has 0 aliphatic heterocycles. The molecular formula is C6H12NaO4S. The summed E-state index contributed by atoms with van der Waals surface area (Å²) in [6, 6.07) is 0. The van der Waals surface area contributed by atoms with Crippen LogP contribution < -0.4 is 0 Å². The molecule has 0 atom stereocenters. The molecule has 1 aliphatic rings. The van der Waals surface area contributed by atoms with Crippen LogP contribution in [0.4, 0.5) is 0 Å². The Morgan fingerprint density at radius 1 is 1.17 bits per heavy atom. The van der Waals surface area contributed by atoms with E-state index in [1.165, 1.54) is 0 Å². The van der Waals surface area contributed by atoms with Gasteiger partial charge in [-0.3, -0.25) is 0 Å². The third kappa shape index (κ3) is 3.32. The Hall–Kier alpha value is 0.870. The summed E-state index contributed by atoms with van der Waals surface area (Å²) in [7, 11) is -3.67. The third-order valence-corrected chi connectivity index (χ3v) is 3.56. The molecule has 0 aromatic heterocycles. The molecule has 1 N–H and O–H groups in total. The van der Waals surface area contributed by atoms with Crippen LogP contribution in [0.5, 0.6) is 0 Å². The van der Waals surface area contributed by atoms with Gasteiger partial charge in [-0.1, -0.05) is 19.3 Å². The van der Waals surface area contributed by atoms with Crippen LogP contribution in [0.1, 0.15) is 32.1 Å². The second-order valence-electron chi connectivity index (χ2n) is 2.83. The Kier molecular flexibility index (Phi) is 5.97. The first kappa shape index (κ1) is 12.9. The molecule has 0 bridgehead atoms. The monoisotopic (exact) mass is 203 g/mol. The molecule has 1 saturated carbocycles. The van der Waals surface area contributed by atoms with E-state index in [-0.39, 0.29) is 29.6 Å².